The van der Waals surface area contributed by atoms with E-state index in [1.54, 1.807) is 23.1 Å². The topological polar surface area (TPSA) is 66.5 Å². The maximum atomic E-state index is 12.8. The summed E-state index contributed by atoms with van der Waals surface area (Å²) >= 11 is 0. The first kappa shape index (κ1) is 19.6. The standard InChI is InChI=1S/C21H26N2O3S/c1-4-17-7-9-18(10-8-17)15(2)22-27(25,26)20-11-12-21-19(14-20)6-5-13-23(21)16(3)24/h7-12,14-15,22H,4-6,13H2,1-3H3/t15-/m0/s1. The Hall–Kier alpha value is -2.18. The molecule has 0 aromatic heterocycles. The Morgan fingerprint density at radius 3 is 2.52 bits per heavy atom. The van der Waals surface area contributed by atoms with Crippen LogP contribution in [0.4, 0.5) is 5.69 Å². The van der Waals surface area contributed by atoms with E-state index in [0.717, 1.165) is 36.1 Å². The number of nitrogens with one attached hydrogen (secondary N) is 1. The van der Waals surface area contributed by atoms with Gasteiger partial charge < -0.3 is 4.90 Å². The fourth-order valence-electron chi connectivity index (χ4n) is 3.48. The van der Waals surface area contributed by atoms with Crippen LogP contribution in [-0.2, 0) is 27.7 Å². The second-order valence-electron chi connectivity index (χ2n) is 7.00. The summed E-state index contributed by atoms with van der Waals surface area (Å²) in [5.41, 5.74) is 3.87. The number of aryl methyl sites for hydroxylation is 2. The van der Waals surface area contributed by atoms with E-state index in [4.69, 9.17) is 0 Å². The molecule has 1 N–H and O–H groups in total. The molecule has 0 fully saturated rings. The highest BCUT2D eigenvalue weighted by Crippen LogP contribution is 2.30. The Bertz CT molecular complexity index is 936. The van der Waals surface area contributed by atoms with Crippen LogP contribution in [0.3, 0.4) is 0 Å². The van der Waals surface area contributed by atoms with Crippen molar-refractivity contribution in [2.24, 2.45) is 0 Å². The van der Waals surface area contributed by atoms with Crippen LogP contribution in [-0.4, -0.2) is 20.9 Å². The number of hydrogen-bond donors (Lipinski definition) is 1. The van der Waals surface area contributed by atoms with Crippen molar-refractivity contribution in [3.05, 3.63) is 59.2 Å². The van der Waals surface area contributed by atoms with Gasteiger partial charge in [0.05, 0.1) is 4.90 Å². The maximum Gasteiger partial charge on any atom is 0.241 e. The van der Waals surface area contributed by atoms with Crippen LogP contribution in [0.15, 0.2) is 47.4 Å². The first-order chi connectivity index (χ1) is 12.8. The van der Waals surface area contributed by atoms with Crippen molar-refractivity contribution in [2.75, 3.05) is 11.4 Å². The van der Waals surface area contributed by atoms with E-state index in [-0.39, 0.29) is 16.8 Å². The number of carbonyl (C=O) groups is 1. The average Bonchev–Trinajstić information content (AvgIpc) is 2.66. The summed E-state index contributed by atoms with van der Waals surface area (Å²) in [6, 6.07) is 12.7. The molecule has 2 aromatic carbocycles. The number of benzene rings is 2. The molecule has 1 heterocycles. The SMILES string of the molecule is CCc1ccc([C@H](C)NS(=O)(=O)c2ccc3c(c2)CCCN3C(C)=O)cc1. The van der Waals surface area contributed by atoms with E-state index >= 15 is 0 Å². The minimum absolute atomic E-state index is 0.0196. The lowest BCUT2D eigenvalue weighted by Crippen LogP contribution is -2.34. The molecule has 1 aliphatic heterocycles. The lowest BCUT2D eigenvalue weighted by molar-refractivity contribution is -0.116. The number of anilines is 1. The predicted molar refractivity (Wildman–Crippen MR) is 107 cm³/mol. The fourth-order valence-corrected chi connectivity index (χ4v) is 4.76. The zero-order valence-corrected chi connectivity index (χ0v) is 16.8. The summed E-state index contributed by atoms with van der Waals surface area (Å²) in [6.07, 6.45) is 2.56. The van der Waals surface area contributed by atoms with Crippen LogP contribution in [0.2, 0.25) is 0 Å². The van der Waals surface area contributed by atoms with Gasteiger partial charge in [-0.05, 0) is 61.1 Å². The second kappa shape index (κ2) is 7.82. The maximum absolute atomic E-state index is 12.8. The van der Waals surface area contributed by atoms with Gasteiger partial charge in [-0.1, -0.05) is 31.2 Å². The molecule has 2 aromatic rings. The molecule has 3 rings (SSSR count). The summed E-state index contributed by atoms with van der Waals surface area (Å²) in [5, 5.41) is 0. The number of rotatable bonds is 5. The monoisotopic (exact) mass is 386 g/mol. The van der Waals surface area contributed by atoms with Crippen molar-refractivity contribution in [3.8, 4) is 0 Å². The molecule has 5 nitrogen and oxygen atoms in total. The van der Waals surface area contributed by atoms with Gasteiger partial charge in [0.25, 0.3) is 0 Å². The number of nitrogens with zero attached hydrogens (tertiary/aromatic N) is 1. The molecule has 0 unspecified atom stereocenters. The third kappa shape index (κ3) is 4.22. The molecule has 1 amide bonds. The molecule has 0 bridgehead atoms. The Morgan fingerprint density at radius 2 is 1.89 bits per heavy atom. The Labute approximate surface area is 161 Å². The number of amides is 1. The first-order valence-electron chi connectivity index (χ1n) is 9.34. The third-order valence-electron chi connectivity index (χ3n) is 5.08. The van der Waals surface area contributed by atoms with E-state index in [9.17, 15) is 13.2 Å². The van der Waals surface area contributed by atoms with E-state index in [0.29, 0.717) is 6.54 Å². The molecule has 1 atom stereocenters. The molecule has 1 aliphatic rings. The highest BCUT2D eigenvalue weighted by molar-refractivity contribution is 7.89. The highest BCUT2D eigenvalue weighted by Gasteiger charge is 2.24. The van der Waals surface area contributed by atoms with Crippen LogP contribution < -0.4 is 9.62 Å². The van der Waals surface area contributed by atoms with Crippen molar-refractivity contribution in [1.82, 2.24) is 4.72 Å². The normalized spacial score (nSPS) is 15.3. The fraction of sp³-hybridized carbons (Fsp3) is 0.381. The Morgan fingerprint density at radius 1 is 1.19 bits per heavy atom. The van der Waals surface area contributed by atoms with Crippen LogP contribution in [0.5, 0.6) is 0 Å². The molecular weight excluding hydrogens is 360 g/mol. The van der Waals surface area contributed by atoms with Crippen molar-refractivity contribution in [3.63, 3.8) is 0 Å². The number of carbonyl (C=O) groups excluding carboxylic acids is 1. The van der Waals surface area contributed by atoms with Crippen LogP contribution in [0, 0.1) is 0 Å². The van der Waals surface area contributed by atoms with Crippen molar-refractivity contribution >= 4 is 21.6 Å². The molecule has 0 saturated heterocycles. The lowest BCUT2D eigenvalue weighted by atomic mass is 10.0. The van der Waals surface area contributed by atoms with Crippen molar-refractivity contribution in [1.29, 1.82) is 0 Å². The van der Waals surface area contributed by atoms with E-state index in [1.165, 1.54) is 12.5 Å². The third-order valence-corrected chi connectivity index (χ3v) is 6.62. The first-order valence-corrected chi connectivity index (χ1v) is 10.8. The van der Waals surface area contributed by atoms with E-state index in [2.05, 4.69) is 11.6 Å². The average molecular weight is 387 g/mol. The molecule has 27 heavy (non-hydrogen) atoms. The minimum atomic E-state index is -3.65. The van der Waals surface area contributed by atoms with Crippen LogP contribution >= 0.6 is 0 Å². The van der Waals surface area contributed by atoms with Crippen molar-refractivity contribution in [2.45, 2.75) is 51.0 Å². The van der Waals surface area contributed by atoms with Gasteiger partial charge in [0, 0.05) is 25.2 Å². The zero-order valence-electron chi connectivity index (χ0n) is 16.0. The van der Waals surface area contributed by atoms with Gasteiger partial charge in [-0.2, -0.15) is 0 Å². The van der Waals surface area contributed by atoms with Gasteiger partial charge in [-0.3, -0.25) is 4.79 Å². The van der Waals surface area contributed by atoms with E-state index < -0.39 is 10.0 Å². The number of hydrogen-bond acceptors (Lipinski definition) is 3. The largest absolute Gasteiger partial charge is 0.312 e. The van der Waals surface area contributed by atoms with Crippen LogP contribution in [0.1, 0.15) is 49.9 Å². The summed E-state index contributed by atoms with van der Waals surface area (Å²) in [4.78, 5) is 13.7. The molecular formula is C21H26N2O3S. The predicted octanol–water partition coefficient (Wildman–Crippen LogP) is 3.59. The second-order valence-corrected chi connectivity index (χ2v) is 8.72. The summed E-state index contributed by atoms with van der Waals surface area (Å²) < 4.78 is 28.5. The van der Waals surface area contributed by atoms with Gasteiger partial charge in [-0.25, -0.2) is 13.1 Å². The molecule has 0 radical (unpaired) electrons. The quantitative estimate of drug-likeness (QED) is 0.854. The molecule has 0 spiro atoms. The molecule has 144 valence electrons. The van der Waals surface area contributed by atoms with Crippen LogP contribution in [0.25, 0.3) is 0 Å². The Balaban J connectivity index is 1.83. The molecule has 0 aliphatic carbocycles. The summed E-state index contributed by atoms with van der Waals surface area (Å²) in [7, 11) is -3.65. The highest BCUT2D eigenvalue weighted by atomic mass is 32.2. The Kier molecular flexibility index (Phi) is 5.67. The van der Waals surface area contributed by atoms with Gasteiger partial charge in [-0.15, -0.1) is 0 Å². The minimum Gasteiger partial charge on any atom is -0.312 e. The van der Waals surface area contributed by atoms with E-state index in [1.807, 2.05) is 31.2 Å². The summed E-state index contributed by atoms with van der Waals surface area (Å²) in [5.74, 6) is -0.0196. The van der Waals surface area contributed by atoms with Gasteiger partial charge in [0.2, 0.25) is 15.9 Å². The van der Waals surface area contributed by atoms with Gasteiger partial charge in [0.15, 0.2) is 0 Å². The summed E-state index contributed by atoms with van der Waals surface area (Å²) in [6.45, 7) is 6.14. The lowest BCUT2D eigenvalue weighted by Gasteiger charge is -2.29. The zero-order chi connectivity index (χ0) is 19.6. The smallest absolute Gasteiger partial charge is 0.241 e. The number of sulfonamides is 1. The van der Waals surface area contributed by atoms with Gasteiger partial charge >= 0.3 is 0 Å². The number of fused-ring (bicyclic) bond motifs is 1. The van der Waals surface area contributed by atoms with Gasteiger partial charge in [0.1, 0.15) is 0 Å². The molecule has 6 heteroatoms. The van der Waals surface area contributed by atoms with Crippen molar-refractivity contribution < 1.29 is 13.2 Å². The molecule has 0 saturated carbocycles.